The van der Waals surface area contributed by atoms with Crippen molar-refractivity contribution in [2.45, 2.75) is 12.3 Å². The maximum absolute atomic E-state index is 13.0. The van der Waals surface area contributed by atoms with Gasteiger partial charge in [0.15, 0.2) is 11.5 Å². The van der Waals surface area contributed by atoms with Gasteiger partial charge in [-0.15, -0.1) is 0 Å². The van der Waals surface area contributed by atoms with Crippen LogP contribution in [0.4, 0.5) is 13.2 Å². The van der Waals surface area contributed by atoms with Crippen LogP contribution in [0.15, 0.2) is 42.5 Å². The zero-order valence-electron chi connectivity index (χ0n) is 13.5. The predicted molar refractivity (Wildman–Crippen MR) is 86.2 cm³/mol. The van der Waals surface area contributed by atoms with Crippen molar-refractivity contribution in [2.24, 2.45) is 0 Å². The van der Waals surface area contributed by atoms with Gasteiger partial charge in [-0.1, -0.05) is 18.2 Å². The van der Waals surface area contributed by atoms with Gasteiger partial charge in [-0.2, -0.15) is 13.2 Å². The van der Waals surface area contributed by atoms with Crippen LogP contribution in [0.3, 0.4) is 0 Å². The number of fused-ring (bicyclic) bond motifs is 1. The van der Waals surface area contributed by atoms with E-state index < -0.39 is 23.8 Å². The third kappa shape index (κ3) is 3.91. The van der Waals surface area contributed by atoms with E-state index in [2.05, 4.69) is 5.32 Å². The van der Waals surface area contributed by atoms with Gasteiger partial charge in [-0.05, 0) is 29.8 Å². The van der Waals surface area contributed by atoms with Gasteiger partial charge < -0.3 is 19.9 Å². The Morgan fingerprint density at radius 3 is 2.54 bits per heavy atom. The molecular formula is C18H16F3NO4. The molecule has 0 aromatic heterocycles. The minimum atomic E-state index is -4.59. The van der Waals surface area contributed by atoms with Gasteiger partial charge in [0, 0.05) is 12.1 Å². The first-order valence-corrected chi connectivity index (χ1v) is 7.88. The number of aliphatic hydroxyl groups excluding tert-OH is 1. The molecule has 0 spiro atoms. The Bertz CT molecular complexity index is 807. The van der Waals surface area contributed by atoms with Gasteiger partial charge in [-0.3, -0.25) is 4.79 Å². The Kier molecular flexibility index (Phi) is 5.03. The number of amides is 1. The first-order chi connectivity index (χ1) is 12.4. The zero-order chi connectivity index (χ0) is 18.7. The van der Waals surface area contributed by atoms with Crippen LogP contribution in [0.1, 0.15) is 27.6 Å². The molecule has 1 heterocycles. The molecule has 1 aliphatic rings. The summed E-state index contributed by atoms with van der Waals surface area (Å²) >= 11 is 0. The van der Waals surface area contributed by atoms with Crippen LogP contribution in [0.2, 0.25) is 0 Å². The number of ether oxygens (including phenoxy) is 2. The SMILES string of the molecule is O=C(NCC(O)c1ccccc1C(F)(F)F)c1ccc2c(c1)OCCO2. The van der Waals surface area contributed by atoms with Crippen LogP contribution in [0.5, 0.6) is 11.5 Å². The molecule has 2 aromatic rings. The molecule has 0 bridgehead atoms. The highest BCUT2D eigenvalue weighted by Crippen LogP contribution is 2.34. The molecule has 3 rings (SSSR count). The number of hydrogen-bond donors (Lipinski definition) is 2. The second-order valence-corrected chi connectivity index (χ2v) is 5.67. The summed E-state index contributed by atoms with van der Waals surface area (Å²) in [5.41, 5.74) is -0.964. The molecule has 1 unspecified atom stereocenters. The summed E-state index contributed by atoms with van der Waals surface area (Å²) < 4.78 is 49.8. The first kappa shape index (κ1) is 18.1. The average Bonchev–Trinajstić information content (AvgIpc) is 2.64. The third-order valence-electron chi connectivity index (χ3n) is 3.89. The van der Waals surface area contributed by atoms with E-state index in [0.717, 1.165) is 6.07 Å². The lowest BCUT2D eigenvalue weighted by molar-refractivity contribution is -0.139. The molecule has 138 valence electrons. The number of carbonyl (C=O) groups is 1. The number of alkyl halides is 3. The van der Waals surface area contributed by atoms with Gasteiger partial charge in [0.1, 0.15) is 13.2 Å². The van der Waals surface area contributed by atoms with Crippen molar-refractivity contribution < 1.29 is 32.5 Å². The summed E-state index contributed by atoms with van der Waals surface area (Å²) in [6.45, 7) is 0.425. The molecular weight excluding hydrogens is 351 g/mol. The van der Waals surface area contributed by atoms with Crippen LogP contribution < -0.4 is 14.8 Å². The smallest absolute Gasteiger partial charge is 0.416 e. The molecule has 26 heavy (non-hydrogen) atoms. The number of rotatable bonds is 4. The van der Waals surface area contributed by atoms with Gasteiger partial charge in [0.05, 0.1) is 11.7 Å². The first-order valence-electron chi connectivity index (χ1n) is 7.88. The number of hydrogen-bond acceptors (Lipinski definition) is 4. The Balaban J connectivity index is 1.68. The fourth-order valence-corrected chi connectivity index (χ4v) is 2.63. The van der Waals surface area contributed by atoms with Gasteiger partial charge in [0.25, 0.3) is 5.91 Å². The lowest BCUT2D eigenvalue weighted by Gasteiger charge is -2.19. The van der Waals surface area contributed by atoms with E-state index in [1.54, 1.807) is 6.07 Å². The Morgan fingerprint density at radius 1 is 1.12 bits per heavy atom. The van der Waals surface area contributed by atoms with E-state index >= 15 is 0 Å². The zero-order valence-corrected chi connectivity index (χ0v) is 13.5. The number of nitrogens with one attached hydrogen (secondary N) is 1. The lowest BCUT2D eigenvalue weighted by Crippen LogP contribution is -2.29. The van der Waals surface area contributed by atoms with Crippen molar-refractivity contribution in [1.29, 1.82) is 0 Å². The Hall–Kier alpha value is -2.74. The van der Waals surface area contributed by atoms with Crippen molar-refractivity contribution in [1.82, 2.24) is 5.32 Å². The molecule has 1 atom stereocenters. The summed E-state index contributed by atoms with van der Waals surface area (Å²) in [6, 6.07) is 9.30. The van der Waals surface area contributed by atoms with Crippen LogP contribution >= 0.6 is 0 Å². The summed E-state index contributed by atoms with van der Waals surface area (Å²) in [4.78, 5) is 12.2. The highest BCUT2D eigenvalue weighted by Gasteiger charge is 2.34. The van der Waals surface area contributed by atoms with E-state index in [1.807, 2.05) is 0 Å². The lowest BCUT2D eigenvalue weighted by atomic mass is 10.0. The largest absolute Gasteiger partial charge is 0.486 e. The molecule has 2 aromatic carbocycles. The highest BCUT2D eigenvalue weighted by atomic mass is 19.4. The summed E-state index contributed by atoms with van der Waals surface area (Å²) in [7, 11) is 0. The van der Waals surface area contributed by atoms with Gasteiger partial charge in [0.2, 0.25) is 0 Å². The van der Waals surface area contributed by atoms with E-state index in [1.165, 1.54) is 30.3 Å². The average molecular weight is 367 g/mol. The summed E-state index contributed by atoms with van der Waals surface area (Å²) in [5.74, 6) is 0.407. The van der Waals surface area contributed by atoms with Crippen LogP contribution in [0, 0.1) is 0 Å². The van der Waals surface area contributed by atoms with Crippen molar-refractivity contribution >= 4 is 5.91 Å². The molecule has 5 nitrogen and oxygen atoms in total. The van der Waals surface area contributed by atoms with Crippen LogP contribution in [-0.2, 0) is 6.18 Å². The number of halogens is 3. The van der Waals surface area contributed by atoms with Crippen molar-refractivity contribution in [3.63, 3.8) is 0 Å². The summed E-state index contributed by atoms with van der Waals surface area (Å²) in [6.07, 6.45) is -6.08. The standard InChI is InChI=1S/C18H16F3NO4/c19-18(20,21)13-4-2-1-3-12(13)14(23)10-22-17(24)11-5-6-15-16(9-11)26-8-7-25-15/h1-6,9,14,23H,7-8,10H2,(H,22,24). The molecule has 2 N–H and O–H groups in total. The van der Waals surface area contributed by atoms with Gasteiger partial charge >= 0.3 is 6.18 Å². The fourth-order valence-electron chi connectivity index (χ4n) is 2.63. The van der Waals surface area contributed by atoms with E-state index in [0.29, 0.717) is 24.7 Å². The molecule has 1 aliphatic heterocycles. The normalized spacial score (nSPS) is 14.6. The monoisotopic (exact) mass is 367 g/mol. The highest BCUT2D eigenvalue weighted by molar-refractivity contribution is 5.94. The molecule has 0 saturated carbocycles. The van der Waals surface area contributed by atoms with Crippen molar-refractivity contribution in [3.8, 4) is 11.5 Å². The quantitative estimate of drug-likeness (QED) is 0.872. The number of carbonyl (C=O) groups excluding carboxylic acids is 1. The second kappa shape index (κ2) is 7.25. The molecule has 0 aliphatic carbocycles. The van der Waals surface area contributed by atoms with Gasteiger partial charge in [-0.25, -0.2) is 0 Å². The molecule has 0 radical (unpaired) electrons. The number of aliphatic hydroxyl groups is 1. The van der Waals surface area contributed by atoms with E-state index in [9.17, 15) is 23.1 Å². The molecule has 8 heteroatoms. The molecule has 0 fully saturated rings. The molecule has 0 saturated heterocycles. The second-order valence-electron chi connectivity index (χ2n) is 5.67. The van der Waals surface area contributed by atoms with Crippen LogP contribution in [-0.4, -0.2) is 30.8 Å². The third-order valence-corrected chi connectivity index (χ3v) is 3.89. The fraction of sp³-hybridized carbons (Fsp3) is 0.278. The minimum Gasteiger partial charge on any atom is -0.486 e. The maximum atomic E-state index is 13.0. The van der Waals surface area contributed by atoms with E-state index in [4.69, 9.17) is 9.47 Å². The van der Waals surface area contributed by atoms with Crippen molar-refractivity contribution in [3.05, 3.63) is 59.2 Å². The Morgan fingerprint density at radius 2 is 1.81 bits per heavy atom. The predicted octanol–water partition coefficient (Wildman–Crippen LogP) is 2.94. The Labute approximate surface area is 147 Å². The minimum absolute atomic E-state index is 0.255. The maximum Gasteiger partial charge on any atom is 0.416 e. The summed E-state index contributed by atoms with van der Waals surface area (Å²) in [5, 5.41) is 12.5. The van der Waals surface area contributed by atoms with Crippen molar-refractivity contribution in [2.75, 3.05) is 19.8 Å². The topological polar surface area (TPSA) is 67.8 Å². The molecule has 1 amide bonds. The van der Waals surface area contributed by atoms with E-state index in [-0.39, 0.29) is 17.7 Å². The number of benzene rings is 2. The van der Waals surface area contributed by atoms with Crippen LogP contribution in [0.25, 0.3) is 0 Å².